The average Bonchev–Trinajstić information content (AvgIpc) is 3.27. The minimum Gasteiger partial charge on any atom is -0.493 e. The SMILES string of the molecule is Cc1cc(OC[C@@H]2[C@H]3CC[C@H](c4coc(C(=O)O)c4)O[C@H]3C[C@H]2O)ccc1Cl. The summed E-state index contributed by atoms with van der Waals surface area (Å²) in [4.78, 5) is 11.0. The molecule has 1 aliphatic carbocycles. The van der Waals surface area contributed by atoms with Crippen molar-refractivity contribution in [3.63, 3.8) is 0 Å². The van der Waals surface area contributed by atoms with E-state index in [0.29, 0.717) is 18.1 Å². The molecule has 0 unspecified atom stereocenters. The van der Waals surface area contributed by atoms with Gasteiger partial charge in [0.05, 0.1) is 31.2 Å². The van der Waals surface area contributed by atoms with Crippen LogP contribution in [0.4, 0.5) is 0 Å². The lowest BCUT2D eigenvalue weighted by Crippen LogP contribution is -2.33. The van der Waals surface area contributed by atoms with Crippen LogP contribution >= 0.6 is 11.6 Å². The second-order valence-electron chi connectivity index (χ2n) is 7.64. The summed E-state index contributed by atoms with van der Waals surface area (Å²) < 4.78 is 17.2. The first-order valence-corrected chi connectivity index (χ1v) is 9.84. The summed E-state index contributed by atoms with van der Waals surface area (Å²) in [6, 6.07) is 7.06. The number of rotatable bonds is 5. The van der Waals surface area contributed by atoms with Crippen LogP contribution in [0.2, 0.25) is 5.02 Å². The highest BCUT2D eigenvalue weighted by Crippen LogP contribution is 2.46. The van der Waals surface area contributed by atoms with Crippen molar-refractivity contribution in [1.82, 2.24) is 0 Å². The quantitative estimate of drug-likeness (QED) is 0.772. The van der Waals surface area contributed by atoms with E-state index in [2.05, 4.69) is 0 Å². The van der Waals surface area contributed by atoms with Crippen molar-refractivity contribution in [3.05, 3.63) is 52.4 Å². The highest BCUT2D eigenvalue weighted by molar-refractivity contribution is 6.31. The number of hydrogen-bond donors (Lipinski definition) is 2. The van der Waals surface area contributed by atoms with Crippen molar-refractivity contribution >= 4 is 17.6 Å². The van der Waals surface area contributed by atoms with Gasteiger partial charge in [0.2, 0.25) is 5.76 Å². The van der Waals surface area contributed by atoms with Crippen LogP contribution in [0.5, 0.6) is 5.75 Å². The number of aryl methyl sites for hydroxylation is 1. The second kappa shape index (κ2) is 7.78. The number of aromatic carboxylic acids is 1. The number of carboxylic acid groups (broad SMARTS) is 1. The van der Waals surface area contributed by atoms with Gasteiger partial charge in [-0.3, -0.25) is 0 Å². The number of carbonyl (C=O) groups is 1. The Morgan fingerprint density at radius 3 is 2.86 bits per heavy atom. The van der Waals surface area contributed by atoms with E-state index in [9.17, 15) is 9.90 Å². The monoisotopic (exact) mass is 406 g/mol. The lowest BCUT2D eigenvalue weighted by molar-refractivity contribution is -0.0813. The first-order chi connectivity index (χ1) is 13.4. The van der Waals surface area contributed by atoms with E-state index in [1.807, 2.05) is 25.1 Å². The molecule has 2 aliphatic rings. The molecule has 0 bridgehead atoms. The molecule has 5 atom stereocenters. The lowest BCUT2D eigenvalue weighted by Gasteiger charge is -2.34. The van der Waals surface area contributed by atoms with Gasteiger partial charge in [-0.2, -0.15) is 0 Å². The Kier molecular flexibility index (Phi) is 5.36. The van der Waals surface area contributed by atoms with Gasteiger partial charge >= 0.3 is 5.97 Å². The Hall–Kier alpha value is -2.02. The van der Waals surface area contributed by atoms with Crippen LogP contribution < -0.4 is 4.74 Å². The molecule has 0 spiro atoms. The molecule has 1 aliphatic heterocycles. The number of hydrogen-bond acceptors (Lipinski definition) is 5. The Labute approximate surface area is 168 Å². The van der Waals surface area contributed by atoms with Crippen LogP contribution in [0.15, 0.2) is 34.9 Å². The van der Waals surface area contributed by atoms with Crippen LogP contribution in [-0.4, -0.2) is 35.0 Å². The molecule has 1 saturated carbocycles. The molecule has 7 heteroatoms. The fourth-order valence-corrected chi connectivity index (χ4v) is 4.46. The Balaban J connectivity index is 1.39. The molecule has 2 aromatic rings. The smallest absolute Gasteiger partial charge is 0.371 e. The van der Waals surface area contributed by atoms with Gasteiger partial charge in [-0.05, 0) is 55.5 Å². The Morgan fingerprint density at radius 2 is 2.14 bits per heavy atom. The maximum atomic E-state index is 11.0. The van der Waals surface area contributed by atoms with Crippen LogP contribution in [0.3, 0.4) is 0 Å². The molecule has 2 fully saturated rings. The third kappa shape index (κ3) is 3.77. The minimum atomic E-state index is -1.09. The summed E-state index contributed by atoms with van der Waals surface area (Å²) >= 11 is 6.05. The zero-order valence-electron chi connectivity index (χ0n) is 15.5. The number of aliphatic hydroxyl groups excluding tert-OH is 1. The summed E-state index contributed by atoms with van der Waals surface area (Å²) in [5, 5.41) is 20.3. The van der Waals surface area contributed by atoms with E-state index in [-0.39, 0.29) is 29.8 Å². The van der Waals surface area contributed by atoms with E-state index >= 15 is 0 Å². The van der Waals surface area contributed by atoms with Gasteiger partial charge in [-0.1, -0.05) is 11.6 Å². The second-order valence-corrected chi connectivity index (χ2v) is 8.05. The number of aliphatic hydroxyl groups is 1. The average molecular weight is 407 g/mol. The van der Waals surface area contributed by atoms with Gasteiger partial charge in [0.1, 0.15) is 5.75 Å². The maximum Gasteiger partial charge on any atom is 0.371 e. The van der Waals surface area contributed by atoms with Gasteiger partial charge in [-0.15, -0.1) is 0 Å². The topological polar surface area (TPSA) is 89.1 Å². The first kappa shape index (κ1) is 19.3. The van der Waals surface area contributed by atoms with E-state index in [4.69, 9.17) is 30.6 Å². The predicted molar refractivity (Wildman–Crippen MR) is 102 cm³/mol. The van der Waals surface area contributed by atoms with E-state index < -0.39 is 12.1 Å². The maximum absolute atomic E-state index is 11.0. The molecule has 1 aromatic heterocycles. The van der Waals surface area contributed by atoms with E-state index in [0.717, 1.165) is 29.7 Å². The van der Waals surface area contributed by atoms with Crippen molar-refractivity contribution in [3.8, 4) is 5.75 Å². The fourth-order valence-electron chi connectivity index (χ4n) is 4.34. The van der Waals surface area contributed by atoms with Gasteiger partial charge in [-0.25, -0.2) is 4.79 Å². The molecule has 1 saturated heterocycles. The number of benzene rings is 1. The summed E-state index contributed by atoms with van der Waals surface area (Å²) in [5.41, 5.74) is 1.69. The number of ether oxygens (including phenoxy) is 2. The van der Waals surface area contributed by atoms with Crippen molar-refractivity contribution in [2.75, 3.05) is 6.61 Å². The molecule has 1 aromatic carbocycles. The summed E-state index contributed by atoms with van der Waals surface area (Å²) in [7, 11) is 0. The highest BCUT2D eigenvalue weighted by Gasteiger charge is 2.47. The van der Waals surface area contributed by atoms with Crippen LogP contribution in [-0.2, 0) is 4.74 Å². The molecular formula is C21H23ClO6. The normalized spacial score (nSPS) is 29.5. The Bertz CT molecular complexity index is 862. The molecule has 6 nitrogen and oxygen atoms in total. The number of halogens is 1. The molecule has 2 N–H and O–H groups in total. The van der Waals surface area contributed by atoms with Crippen LogP contribution in [0, 0.1) is 18.8 Å². The third-order valence-electron chi connectivity index (χ3n) is 5.87. The zero-order chi connectivity index (χ0) is 19.8. The number of carboxylic acids is 1. The van der Waals surface area contributed by atoms with Gasteiger partial charge in [0, 0.05) is 22.9 Å². The highest BCUT2D eigenvalue weighted by atomic mass is 35.5. The molecule has 4 rings (SSSR count). The summed E-state index contributed by atoms with van der Waals surface area (Å²) in [5.74, 6) is -0.222. The molecular weight excluding hydrogens is 384 g/mol. The van der Waals surface area contributed by atoms with E-state index in [1.54, 1.807) is 0 Å². The van der Waals surface area contributed by atoms with Crippen molar-refractivity contribution < 1.29 is 28.9 Å². The van der Waals surface area contributed by atoms with Gasteiger partial charge in [0.25, 0.3) is 0 Å². The number of fused-ring (bicyclic) bond motifs is 1. The molecule has 28 heavy (non-hydrogen) atoms. The fraction of sp³-hybridized carbons (Fsp3) is 0.476. The molecule has 150 valence electrons. The molecule has 0 radical (unpaired) electrons. The predicted octanol–water partition coefficient (Wildman–Crippen LogP) is 4.24. The van der Waals surface area contributed by atoms with E-state index in [1.165, 1.54) is 12.3 Å². The van der Waals surface area contributed by atoms with Crippen LogP contribution in [0.25, 0.3) is 0 Å². The molecule has 2 heterocycles. The van der Waals surface area contributed by atoms with Crippen molar-refractivity contribution in [2.45, 2.75) is 44.5 Å². The molecule has 0 amide bonds. The van der Waals surface area contributed by atoms with Crippen molar-refractivity contribution in [1.29, 1.82) is 0 Å². The van der Waals surface area contributed by atoms with Crippen molar-refractivity contribution in [2.24, 2.45) is 11.8 Å². The van der Waals surface area contributed by atoms with Gasteiger partial charge in [0.15, 0.2) is 0 Å². The van der Waals surface area contributed by atoms with Crippen LogP contribution in [0.1, 0.15) is 47.0 Å². The largest absolute Gasteiger partial charge is 0.493 e. The zero-order valence-corrected chi connectivity index (χ0v) is 16.3. The van der Waals surface area contributed by atoms with Gasteiger partial charge < -0.3 is 24.1 Å². The number of furan rings is 1. The first-order valence-electron chi connectivity index (χ1n) is 9.46. The minimum absolute atomic E-state index is 0.000800. The Morgan fingerprint density at radius 1 is 1.32 bits per heavy atom. The standard InChI is InChI=1S/C21H23ClO6/c1-11-6-13(2-4-16(11)22)26-10-15-14-3-5-18(28-19(14)8-17(15)23)12-7-20(21(24)25)27-9-12/h2,4,6-7,9,14-15,17-19,23H,3,5,8,10H2,1H3,(H,24,25)/t14-,15-,17-,18-,19+/m1/s1. The summed E-state index contributed by atoms with van der Waals surface area (Å²) in [6.07, 6.45) is 2.88. The lowest BCUT2D eigenvalue weighted by atomic mass is 9.86. The third-order valence-corrected chi connectivity index (χ3v) is 6.30. The summed E-state index contributed by atoms with van der Waals surface area (Å²) in [6.45, 7) is 2.35.